The van der Waals surface area contributed by atoms with Crippen LogP contribution < -0.4 is 10.1 Å². The summed E-state index contributed by atoms with van der Waals surface area (Å²) in [5, 5.41) is 4.02. The first-order chi connectivity index (χ1) is 10.5. The maximum atomic E-state index is 12.3. The summed E-state index contributed by atoms with van der Waals surface area (Å²) in [6.07, 6.45) is -0.160. The van der Waals surface area contributed by atoms with E-state index in [1.165, 1.54) is 0 Å². The van der Waals surface area contributed by atoms with Gasteiger partial charge in [-0.15, -0.1) is 0 Å². The lowest BCUT2D eigenvalue weighted by atomic mass is 10.2. The summed E-state index contributed by atoms with van der Waals surface area (Å²) in [5.41, 5.74) is 0.556. The van der Waals surface area contributed by atoms with Gasteiger partial charge in [-0.2, -0.15) is 0 Å². The number of para-hydroxylation sites is 1. The molecule has 1 N–H and O–H groups in total. The second-order valence-electron chi connectivity index (χ2n) is 4.56. The molecule has 1 atom stereocenters. The van der Waals surface area contributed by atoms with Gasteiger partial charge >= 0.3 is 0 Å². The summed E-state index contributed by atoms with van der Waals surface area (Å²) in [4.78, 5) is 12.3. The fourth-order valence-electron chi connectivity index (χ4n) is 1.81. The van der Waals surface area contributed by atoms with Crippen LogP contribution in [-0.4, -0.2) is 12.0 Å². The van der Waals surface area contributed by atoms with Crippen LogP contribution in [0.5, 0.6) is 5.75 Å². The minimum Gasteiger partial charge on any atom is -0.479 e. The van der Waals surface area contributed by atoms with E-state index in [-0.39, 0.29) is 5.91 Å². The number of amides is 1. The highest BCUT2D eigenvalue weighted by Gasteiger charge is 2.19. The first-order valence-corrected chi connectivity index (χ1v) is 7.81. The van der Waals surface area contributed by atoms with Crippen LogP contribution in [0.1, 0.15) is 13.3 Å². The predicted octanol–water partition coefficient (Wildman–Crippen LogP) is 5.44. The van der Waals surface area contributed by atoms with Crippen LogP contribution in [0.3, 0.4) is 0 Å². The Morgan fingerprint density at radius 1 is 1.09 bits per heavy atom. The lowest BCUT2D eigenvalue weighted by molar-refractivity contribution is -0.122. The highest BCUT2D eigenvalue weighted by Crippen LogP contribution is 2.27. The van der Waals surface area contributed by atoms with E-state index in [1.54, 1.807) is 42.5 Å². The van der Waals surface area contributed by atoms with E-state index in [0.717, 1.165) is 0 Å². The molecule has 0 radical (unpaired) electrons. The number of carbonyl (C=O) groups excluding carboxylic acids is 1. The zero-order chi connectivity index (χ0) is 16.1. The molecule has 0 aromatic heterocycles. The summed E-state index contributed by atoms with van der Waals surface area (Å²) < 4.78 is 5.68. The Labute approximate surface area is 144 Å². The van der Waals surface area contributed by atoms with Crippen LogP contribution in [0.2, 0.25) is 15.1 Å². The molecule has 0 bridgehead atoms. The van der Waals surface area contributed by atoms with Crippen molar-refractivity contribution in [2.75, 3.05) is 5.32 Å². The van der Waals surface area contributed by atoms with Crippen molar-refractivity contribution < 1.29 is 9.53 Å². The molecule has 116 valence electrons. The van der Waals surface area contributed by atoms with Gasteiger partial charge in [0, 0.05) is 5.69 Å². The molecule has 0 spiro atoms. The number of benzene rings is 2. The fourth-order valence-corrected chi connectivity index (χ4v) is 2.29. The van der Waals surface area contributed by atoms with Crippen molar-refractivity contribution in [3.05, 3.63) is 57.5 Å². The summed E-state index contributed by atoms with van der Waals surface area (Å²) in [6.45, 7) is 1.86. The molecule has 0 aliphatic carbocycles. The number of anilines is 1. The van der Waals surface area contributed by atoms with Crippen molar-refractivity contribution in [3.63, 3.8) is 0 Å². The van der Waals surface area contributed by atoms with Crippen molar-refractivity contribution in [1.29, 1.82) is 0 Å². The second kappa shape index (κ2) is 7.73. The highest BCUT2D eigenvalue weighted by molar-refractivity contribution is 6.42. The van der Waals surface area contributed by atoms with Crippen LogP contribution in [0.4, 0.5) is 5.69 Å². The van der Waals surface area contributed by atoms with Gasteiger partial charge in [0.25, 0.3) is 5.91 Å². The Hall–Kier alpha value is -1.42. The number of nitrogens with one attached hydrogen (secondary N) is 1. The monoisotopic (exact) mass is 357 g/mol. The SMILES string of the molecule is CC[C@@H](Oc1ccccc1Cl)C(=O)Nc1ccc(Cl)c(Cl)c1. The molecular formula is C16H14Cl3NO2. The molecule has 2 aromatic carbocycles. The molecule has 2 rings (SSSR count). The Kier molecular flexibility index (Phi) is 5.95. The van der Waals surface area contributed by atoms with Crippen molar-refractivity contribution in [1.82, 2.24) is 0 Å². The smallest absolute Gasteiger partial charge is 0.265 e. The van der Waals surface area contributed by atoms with Gasteiger partial charge in [-0.05, 0) is 36.8 Å². The van der Waals surface area contributed by atoms with Gasteiger partial charge in [0.05, 0.1) is 15.1 Å². The number of halogens is 3. The molecular weight excluding hydrogens is 345 g/mol. The van der Waals surface area contributed by atoms with Gasteiger partial charge in [0.15, 0.2) is 6.10 Å². The van der Waals surface area contributed by atoms with Crippen molar-refractivity contribution in [2.24, 2.45) is 0 Å². The van der Waals surface area contributed by atoms with Gasteiger partial charge in [0.2, 0.25) is 0 Å². The standard InChI is InChI=1S/C16H14Cl3NO2/c1-2-14(22-15-6-4-3-5-12(15)18)16(21)20-10-7-8-11(17)13(19)9-10/h3-9,14H,2H2,1H3,(H,20,21)/t14-/m1/s1. The average Bonchev–Trinajstić information content (AvgIpc) is 2.50. The maximum absolute atomic E-state index is 12.3. The van der Waals surface area contributed by atoms with E-state index in [2.05, 4.69) is 5.32 Å². The molecule has 0 fully saturated rings. The van der Waals surface area contributed by atoms with Gasteiger partial charge in [-0.1, -0.05) is 53.9 Å². The largest absolute Gasteiger partial charge is 0.479 e. The third kappa shape index (κ3) is 4.29. The summed E-state index contributed by atoms with van der Waals surface area (Å²) >= 11 is 17.8. The van der Waals surface area contributed by atoms with Gasteiger partial charge in [-0.25, -0.2) is 0 Å². The van der Waals surface area contributed by atoms with E-state index < -0.39 is 6.10 Å². The number of rotatable bonds is 5. The van der Waals surface area contributed by atoms with Crippen LogP contribution in [0, 0.1) is 0 Å². The average molecular weight is 359 g/mol. The third-order valence-corrected chi connectivity index (χ3v) is 4.01. The molecule has 0 saturated carbocycles. The molecule has 0 aliphatic rings. The summed E-state index contributed by atoms with van der Waals surface area (Å²) in [5.74, 6) is 0.195. The van der Waals surface area contributed by atoms with Crippen LogP contribution >= 0.6 is 34.8 Å². The summed E-state index contributed by atoms with van der Waals surface area (Å²) in [6, 6.07) is 11.9. The Morgan fingerprint density at radius 3 is 2.45 bits per heavy atom. The first kappa shape index (κ1) is 16.9. The first-order valence-electron chi connectivity index (χ1n) is 6.68. The van der Waals surface area contributed by atoms with Crippen LogP contribution in [0.25, 0.3) is 0 Å². The lowest BCUT2D eigenvalue weighted by Gasteiger charge is -2.18. The molecule has 2 aromatic rings. The minimum absolute atomic E-state index is 0.277. The zero-order valence-electron chi connectivity index (χ0n) is 11.8. The fraction of sp³-hybridized carbons (Fsp3) is 0.188. The van der Waals surface area contributed by atoms with E-state index in [1.807, 2.05) is 6.92 Å². The molecule has 0 saturated heterocycles. The Morgan fingerprint density at radius 2 is 1.82 bits per heavy atom. The molecule has 0 aliphatic heterocycles. The maximum Gasteiger partial charge on any atom is 0.265 e. The molecule has 0 heterocycles. The molecule has 1 amide bonds. The molecule has 0 unspecified atom stereocenters. The Balaban J connectivity index is 2.08. The van der Waals surface area contributed by atoms with E-state index >= 15 is 0 Å². The van der Waals surface area contributed by atoms with E-state index in [4.69, 9.17) is 39.5 Å². The quantitative estimate of drug-likeness (QED) is 0.772. The molecule has 22 heavy (non-hydrogen) atoms. The lowest BCUT2D eigenvalue weighted by Crippen LogP contribution is -2.32. The molecule has 6 heteroatoms. The minimum atomic E-state index is -0.658. The van der Waals surface area contributed by atoms with Gasteiger partial charge in [-0.3, -0.25) is 4.79 Å². The molecule has 3 nitrogen and oxygen atoms in total. The topological polar surface area (TPSA) is 38.3 Å². The predicted molar refractivity (Wildman–Crippen MR) is 91.3 cm³/mol. The van der Waals surface area contributed by atoms with Crippen LogP contribution in [0.15, 0.2) is 42.5 Å². The second-order valence-corrected chi connectivity index (χ2v) is 5.78. The van der Waals surface area contributed by atoms with Crippen molar-refractivity contribution in [2.45, 2.75) is 19.4 Å². The number of hydrogen-bond acceptors (Lipinski definition) is 2. The highest BCUT2D eigenvalue weighted by atomic mass is 35.5. The summed E-state index contributed by atoms with van der Waals surface area (Å²) in [7, 11) is 0. The van der Waals surface area contributed by atoms with Crippen LogP contribution in [-0.2, 0) is 4.79 Å². The van der Waals surface area contributed by atoms with Crippen molar-refractivity contribution >= 4 is 46.4 Å². The number of ether oxygens (including phenoxy) is 1. The zero-order valence-corrected chi connectivity index (χ0v) is 14.0. The van der Waals surface area contributed by atoms with E-state index in [0.29, 0.717) is 32.9 Å². The number of hydrogen-bond donors (Lipinski definition) is 1. The van der Waals surface area contributed by atoms with Gasteiger partial charge < -0.3 is 10.1 Å². The van der Waals surface area contributed by atoms with Gasteiger partial charge in [0.1, 0.15) is 5.75 Å². The normalized spacial score (nSPS) is 11.8. The van der Waals surface area contributed by atoms with E-state index in [9.17, 15) is 4.79 Å². The Bertz CT molecular complexity index is 676. The third-order valence-electron chi connectivity index (χ3n) is 2.96. The number of carbonyl (C=O) groups is 1. The van der Waals surface area contributed by atoms with Crippen molar-refractivity contribution in [3.8, 4) is 5.75 Å².